The molecule has 196 valence electrons. The summed E-state index contributed by atoms with van der Waals surface area (Å²) in [6.07, 6.45) is 3.80. The fourth-order valence-electron chi connectivity index (χ4n) is 4.43. The monoisotopic (exact) mass is 509 g/mol. The number of hydrogen-bond acceptors (Lipinski definition) is 8. The Morgan fingerprint density at radius 2 is 1.86 bits per heavy atom. The van der Waals surface area contributed by atoms with Crippen molar-refractivity contribution in [3.63, 3.8) is 0 Å². The molecule has 1 aliphatic rings. The molecular formula is C27H32FN5O4. The largest absolute Gasteiger partial charge is 0.493 e. The number of methoxy groups -OCH3 is 3. The van der Waals surface area contributed by atoms with E-state index in [1.807, 2.05) is 6.07 Å². The number of nitrogens with one attached hydrogen (secondary N) is 2. The van der Waals surface area contributed by atoms with E-state index in [1.54, 1.807) is 57.9 Å². The van der Waals surface area contributed by atoms with Crippen molar-refractivity contribution in [1.82, 2.24) is 15.3 Å². The minimum absolute atomic E-state index is 0.0223. The van der Waals surface area contributed by atoms with E-state index in [1.165, 1.54) is 6.07 Å². The van der Waals surface area contributed by atoms with Gasteiger partial charge in [-0.2, -0.15) is 4.98 Å². The van der Waals surface area contributed by atoms with E-state index in [0.29, 0.717) is 54.0 Å². The van der Waals surface area contributed by atoms with Gasteiger partial charge in [-0.05, 0) is 37.0 Å². The van der Waals surface area contributed by atoms with Crippen LogP contribution in [0, 0.1) is 11.7 Å². The van der Waals surface area contributed by atoms with Crippen LogP contribution in [0.25, 0.3) is 0 Å². The molecule has 4 rings (SSSR count). The van der Waals surface area contributed by atoms with Crippen molar-refractivity contribution in [3.05, 3.63) is 60.0 Å². The third kappa shape index (κ3) is 6.38. The maximum atomic E-state index is 13.8. The molecule has 1 fully saturated rings. The number of piperidine rings is 1. The molecule has 1 aromatic heterocycles. The second-order valence-corrected chi connectivity index (χ2v) is 8.70. The van der Waals surface area contributed by atoms with E-state index in [-0.39, 0.29) is 17.6 Å². The van der Waals surface area contributed by atoms with Crippen LogP contribution in [-0.2, 0) is 11.2 Å². The average Bonchev–Trinajstić information content (AvgIpc) is 2.93. The summed E-state index contributed by atoms with van der Waals surface area (Å²) in [5, 5.41) is 6.16. The van der Waals surface area contributed by atoms with Crippen LogP contribution in [0.3, 0.4) is 0 Å². The van der Waals surface area contributed by atoms with E-state index in [2.05, 4.69) is 25.5 Å². The molecular weight excluding hydrogens is 477 g/mol. The number of hydrogen-bond donors (Lipinski definition) is 2. The molecule has 0 saturated carbocycles. The summed E-state index contributed by atoms with van der Waals surface area (Å²) in [6, 6.07) is 12.0. The second-order valence-electron chi connectivity index (χ2n) is 8.70. The van der Waals surface area contributed by atoms with Crippen LogP contribution in [0.2, 0.25) is 0 Å². The molecule has 1 aliphatic heterocycles. The summed E-state index contributed by atoms with van der Waals surface area (Å²) >= 11 is 0. The van der Waals surface area contributed by atoms with Crippen LogP contribution in [-0.4, -0.2) is 56.8 Å². The predicted molar refractivity (Wildman–Crippen MR) is 139 cm³/mol. The number of amides is 1. The molecule has 0 spiro atoms. The molecule has 1 atom stereocenters. The molecule has 3 aromatic rings. The predicted octanol–water partition coefficient (Wildman–Crippen LogP) is 3.96. The van der Waals surface area contributed by atoms with Gasteiger partial charge in [-0.15, -0.1) is 0 Å². The Morgan fingerprint density at radius 1 is 1.11 bits per heavy atom. The van der Waals surface area contributed by atoms with E-state index in [0.717, 1.165) is 25.2 Å². The van der Waals surface area contributed by atoms with Crippen LogP contribution in [0.15, 0.2) is 48.7 Å². The van der Waals surface area contributed by atoms with Crippen molar-refractivity contribution < 1.29 is 23.4 Å². The second kappa shape index (κ2) is 12.2. The van der Waals surface area contributed by atoms with Gasteiger partial charge in [0, 0.05) is 43.7 Å². The van der Waals surface area contributed by atoms with E-state index < -0.39 is 0 Å². The van der Waals surface area contributed by atoms with Crippen LogP contribution < -0.4 is 29.7 Å². The molecule has 0 unspecified atom stereocenters. The third-order valence-corrected chi connectivity index (χ3v) is 6.33. The minimum atomic E-state index is -0.250. The van der Waals surface area contributed by atoms with Crippen molar-refractivity contribution in [1.29, 1.82) is 0 Å². The summed E-state index contributed by atoms with van der Waals surface area (Å²) in [5.74, 6) is 2.22. The first-order chi connectivity index (χ1) is 18.0. The Morgan fingerprint density at radius 3 is 2.57 bits per heavy atom. The highest BCUT2D eigenvalue weighted by Gasteiger charge is 2.26. The lowest BCUT2D eigenvalue weighted by Gasteiger charge is -2.33. The summed E-state index contributed by atoms with van der Waals surface area (Å²) < 4.78 is 30.0. The van der Waals surface area contributed by atoms with E-state index in [9.17, 15) is 9.18 Å². The van der Waals surface area contributed by atoms with Crippen molar-refractivity contribution in [2.75, 3.05) is 51.2 Å². The zero-order valence-electron chi connectivity index (χ0n) is 21.3. The number of carbonyl (C=O) groups is 1. The zero-order chi connectivity index (χ0) is 26.2. The van der Waals surface area contributed by atoms with E-state index >= 15 is 0 Å². The topological polar surface area (TPSA) is 97.8 Å². The smallest absolute Gasteiger partial charge is 0.229 e. The number of anilines is 3. The van der Waals surface area contributed by atoms with E-state index in [4.69, 9.17) is 14.2 Å². The fraction of sp³-hybridized carbons (Fsp3) is 0.370. The highest BCUT2D eigenvalue weighted by molar-refractivity contribution is 5.79. The van der Waals surface area contributed by atoms with Gasteiger partial charge in [-0.3, -0.25) is 4.79 Å². The van der Waals surface area contributed by atoms with Gasteiger partial charge >= 0.3 is 0 Å². The van der Waals surface area contributed by atoms with Gasteiger partial charge in [0.05, 0.1) is 27.2 Å². The van der Waals surface area contributed by atoms with Crippen molar-refractivity contribution >= 4 is 23.4 Å². The Kier molecular flexibility index (Phi) is 8.60. The number of aromatic nitrogens is 2. The lowest BCUT2D eigenvalue weighted by molar-refractivity contribution is -0.125. The normalized spacial score (nSPS) is 15.1. The first-order valence-electron chi connectivity index (χ1n) is 12.2. The van der Waals surface area contributed by atoms with Gasteiger partial charge in [0.15, 0.2) is 11.5 Å². The SMILES string of the molecule is COc1cc(Nc2nccc(N3CCC[C@H](C(=O)NCCc4ccccc4F)C3)n2)cc(OC)c1OC. The molecule has 9 nitrogen and oxygen atoms in total. The van der Waals surface area contributed by atoms with Gasteiger partial charge in [-0.25, -0.2) is 9.37 Å². The highest BCUT2D eigenvalue weighted by atomic mass is 19.1. The summed E-state index contributed by atoms with van der Waals surface area (Å²) in [7, 11) is 4.66. The lowest BCUT2D eigenvalue weighted by Crippen LogP contribution is -2.43. The summed E-state index contributed by atoms with van der Waals surface area (Å²) in [4.78, 5) is 23.9. The van der Waals surface area contributed by atoms with Gasteiger partial charge in [0.25, 0.3) is 0 Å². The number of rotatable bonds is 10. The molecule has 0 aliphatic carbocycles. The number of ether oxygens (including phenoxy) is 3. The first kappa shape index (κ1) is 26.0. The number of benzene rings is 2. The quantitative estimate of drug-likeness (QED) is 0.424. The van der Waals surface area contributed by atoms with Crippen LogP contribution >= 0.6 is 0 Å². The van der Waals surface area contributed by atoms with Gasteiger partial charge in [0.1, 0.15) is 11.6 Å². The number of carbonyl (C=O) groups excluding carboxylic acids is 1. The van der Waals surface area contributed by atoms with Crippen molar-refractivity contribution in [2.24, 2.45) is 5.92 Å². The number of halogens is 1. The maximum absolute atomic E-state index is 13.8. The van der Waals surface area contributed by atoms with Crippen LogP contribution in [0.1, 0.15) is 18.4 Å². The molecule has 2 aromatic carbocycles. The highest BCUT2D eigenvalue weighted by Crippen LogP contribution is 2.40. The average molecular weight is 510 g/mol. The molecule has 0 bridgehead atoms. The van der Waals surface area contributed by atoms with Gasteiger partial charge in [0.2, 0.25) is 17.6 Å². The minimum Gasteiger partial charge on any atom is -0.493 e. The Labute approximate surface area is 216 Å². The fourth-order valence-corrected chi connectivity index (χ4v) is 4.43. The molecule has 2 N–H and O–H groups in total. The van der Waals surface area contributed by atoms with Gasteiger partial charge in [-0.1, -0.05) is 18.2 Å². The van der Waals surface area contributed by atoms with Crippen LogP contribution in [0.5, 0.6) is 17.2 Å². The van der Waals surface area contributed by atoms with Crippen molar-refractivity contribution in [3.8, 4) is 17.2 Å². The molecule has 0 radical (unpaired) electrons. The number of nitrogens with zero attached hydrogens (tertiary/aromatic N) is 3. The van der Waals surface area contributed by atoms with Crippen molar-refractivity contribution in [2.45, 2.75) is 19.3 Å². The summed E-state index contributed by atoms with van der Waals surface area (Å²) in [5.41, 5.74) is 1.28. The maximum Gasteiger partial charge on any atom is 0.229 e. The Balaban J connectivity index is 1.39. The standard InChI is InChI=1S/C27H32FN5O4/c1-35-22-15-20(16-23(36-2)25(22)37-3)31-27-30-13-11-24(32-27)33-14-6-8-19(17-33)26(34)29-12-10-18-7-4-5-9-21(18)28/h4-5,7,9,11,13,15-16,19H,6,8,10,12,14,17H2,1-3H3,(H,29,34)(H,30,31,32)/t19-/m0/s1. The molecule has 2 heterocycles. The molecule has 1 amide bonds. The molecule has 1 saturated heterocycles. The zero-order valence-corrected chi connectivity index (χ0v) is 21.3. The molecule has 37 heavy (non-hydrogen) atoms. The van der Waals surface area contributed by atoms with Crippen LogP contribution in [0.4, 0.5) is 21.8 Å². The molecule has 10 heteroatoms. The Hall–Kier alpha value is -4.08. The lowest BCUT2D eigenvalue weighted by atomic mass is 9.97. The third-order valence-electron chi connectivity index (χ3n) is 6.33. The Bertz CT molecular complexity index is 1200. The summed E-state index contributed by atoms with van der Waals surface area (Å²) in [6.45, 7) is 1.73. The van der Waals surface area contributed by atoms with Gasteiger partial charge < -0.3 is 29.7 Å². The first-order valence-corrected chi connectivity index (χ1v) is 12.2.